The number of aromatic amines is 1. The molecule has 1 N–H and O–H groups in total. The fourth-order valence-electron chi connectivity index (χ4n) is 0.758. The third-order valence-electron chi connectivity index (χ3n) is 1.22. The lowest BCUT2D eigenvalue weighted by molar-refractivity contribution is 1.00. The van der Waals surface area contributed by atoms with E-state index >= 15 is 0 Å². The van der Waals surface area contributed by atoms with Crippen LogP contribution in [0.4, 0.5) is 0 Å². The summed E-state index contributed by atoms with van der Waals surface area (Å²) in [4.78, 5) is 14.8. The number of nitrogens with one attached hydrogen (secondary N) is 1. The van der Waals surface area contributed by atoms with E-state index in [4.69, 9.17) is 10.7 Å². The summed E-state index contributed by atoms with van der Waals surface area (Å²) in [6.45, 7) is 0. The molecule has 0 atom stereocenters. The molecule has 0 aliphatic rings. The molecular weight excluding hydrogens is 184 g/mol. The molecule has 0 spiro atoms. The molecule has 0 saturated heterocycles. The van der Waals surface area contributed by atoms with Crippen molar-refractivity contribution in [1.82, 2.24) is 19.9 Å². The molecule has 56 valence electrons. The monoisotopic (exact) mass is 186 g/mol. The molecule has 0 saturated carbocycles. The highest BCUT2D eigenvalue weighted by Gasteiger charge is 1.99. The second-order valence-electron chi connectivity index (χ2n) is 1.87. The number of aromatic nitrogens is 4. The number of imidazole rings is 1. The Morgan fingerprint density at radius 2 is 2.36 bits per heavy atom. The molecule has 2 heterocycles. The Balaban J connectivity index is 2.67. The van der Waals surface area contributed by atoms with Crippen LogP contribution in [0.3, 0.4) is 0 Å². The van der Waals surface area contributed by atoms with Gasteiger partial charge in [0, 0.05) is 11.0 Å². The highest BCUT2D eigenvalue weighted by Crippen LogP contribution is 2.17. The van der Waals surface area contributed by atoms with Crippen molar-refractivity contribution in [2.75, 3.05) is 0 Å². The molecule has 0 aliphatic heterocycles. The van der Waals surface area contributed by atoms with Crippen molar-refractivity contribution in [3.63, 3.8) is 0 Å². The Labute approximate surface area is 70.9 Å². The van der Waals surface area contributed by atoms with Crippen LogP contribution in [0.2, 0.25) is 0 Å². The predicted octanol–water partition coefficient (Wildman–Crippen LogP) is 1.60. The molecular formula is C5H3ClN4S. The van der Waals surface area contributed by atoms with Gasteiger partial charge in [0.15, 0.2) is 5.65 Å². The van der Waals surface area contributed by atoms with Gasteiger partial charge in [-0.25, -0.2) is 9.97 Å². The highest BCUT2D eigenvalue weighted by atomic mass is 35.7. The Hall–Kier alpha value is -0.810. The van der Waals surface area contributed by atoms with Crippen molar-refractivity contribution in [3.8, 4) is 0 Å². The molecule has 6 heteroatoms. The molecule has 0 unspecified atom stereocenters. The summed E-state index contributed by atoms with van der Waals surface area (Å²) in [6, 6.07) is 0. The maximum atomic E-state index is 5.45. The molecule has 0 bridgehead atoms. The lowest BCUT2D eigenvalue weighted by Gasteiger charge is -1.89. The molecule has 0 fully saturated rings. The van der Waals surface area contributed by atoms with E-state index in [1.165, 1.54) is 0 Å². The SMILES string of the molecule is ClSc1ncc2[nH]cnc2n1. The van der Waals surface area contributed by atoms with Gasteiger partial charge >= 0.3 is 0 Å². The summed E-state index contributed by atoms with van der Waals surface area (Å²) in [7, 11) is 6.43. The summed E-state index contributed by atoms with van der Waals surface area (Å²) < 4.78 is 0. The van der Waals surface area contributed by atoms with Gasteiger partial charge in [-0.2, -0.15) is 4.98 Å². The summed E-state index contributed by atoms with van der Waals surface area (Å²) in [5.41, 5.74) is 1.46. The van der Waals surface area contributed by atoms with Crippen LogP contribution in [-0.4, -0.2) is 19.9 Å². The number of fused-ring (bicyclic) bond motifs is 1. The zero-order valence-electron chi connectivity index (χ0n) is 5.28. The Bertz CT molecular complexity index is 373. The van der Waals surface area contributed by atoms with Gasteiger partial charge < -0.3 is 4.98 Å². The first kappa shape index (κ1) is 6.87. The van der Waals surface area contributed by atoms with Gasteiger partial charge in [-0.05, 0) is 10.7 Å². The van der Waals surface area contributed by atoms with Crippen molar-refractivity contribution >= 4 is 32.8 Å². The summed E-state index contributed by atoms with van der Waals surface area (Å²) >= 11 is 0. The number of rotatable bonds is 1. The smallest absolute Gasteiger partial charge is 0.205 e. The second-order valence-corrected chi connectivity index (χ2v) is 2.85. The van der Waals surface area contributed by atoms with Crippen LogP contribution in [0.1, 0.15) is 0 Å². The maximum Gasteiger partial charge on any atom is 0.205 e. The third-order valence-corrected chi connectivity index (χ3v) is 1.97. The maximum absolute atomic E-state index is 5.45. The van der Waals surface area contributed by atoms with Gasteiger partial charge in [-0.3, -0.25) is 0 Å². The molecule has 2 rings (SSSR count). The summed E-state index contributed by atoms with van der Waals surface area (Å²) in [5, 5.41) is 0.520. The molecule has 2 aromatic rings. The third kappa shape index (κ3) is 1.17. The minimum absolute atomic E-state index is 0.520. The van der Waals surface area contributed by atoms with E-state index in [0.717, 1.165) is 16.5 Å². The number of hydrogen-bond donors (Lipinski definition) is 1. The summed E-state index contributed by atoms with van der Waals surface area (Å²) in [5.74, 6) is 0. The Kier molecular flexibility index (Phi) is 1.67. The average molecular weight is 187 g/mol. The molecule has 0 radical (unpaired) electrons. The predicted molar refractivity (Wildman–Crippen MR) is 43.4 cm³/mol. The lowest BCUT2D eigenvalue weighted by Crippen LogP contribution is -1.83. The first-order chi connectivity index (χ1) is 5.40. The van der Waals surface area contributed by atoms with Crippen molar-refractivity contribution in [3.05, 3.63) is 12.5 Å². The van der Waals surface area contributed by atoms with Crippen LogP contribution in [0.5, 0.6) is 0 Å². The van der Waals surface area contributed by atoms with Crippen molar-refractivity contribution in [2.45, 2.75) is 5.16 Å². The van der Waals surface area contributed by atoms with Crippen molar-refractivity contribution < 1.29 is 0 Å². The first-order valence-electron chi connectivity index (χ1n) is 2.85. The quantitative estimate of drug-likeness (QED) is 0.688. The molecule has 4 nitrogen and oxygen atoms in total. The van der Waals surface area contributed by atoms with E-state index in [1.807, 2.05) is 0 Å². The molecule has 11 heavy (non-hydrogen) atoms. The van der Waals surface area contributed by atoms with Crippen LogP contribution in [0, 0.1) is 0 Å². The van der Waals surface area contributed by atoms with Gasteiger partial charge in [0.05, 0.1) is 12.5 Å². The largest absolute Gasteiger partial charge is 0.342 e. The van der Waals surface area contributed by atoms with Crippen LogP contribution >= 0.6 is 21.7 Å². The van der Waals surface area contributed by atoms with Crippen LogP contribution < -0.4 is 0 Å². The molecule has 2 aromatic heterocycles. The van der Waals surface area contributed by atoms with Crippen LogP contribution in [-0.2, 0) is 0 Å². The van der Waals surface area contributed by atoms with Gasteiger partial charge in [0.25, 0.3) is 0 Å². The van der Waals surface area contributed by atoms with Gasteiger partial charge in [0.1, 0.15) is 5.52 Å². The fourth-order valence-corrected chi connectivity index (χ4v) is 1.19. The van der Waals surface area contributed by atoms with Crippen molar-refractivity contribution in [2.24, 2.45) is 0 Å². The zero-order valence-corrected chi connectivity index (χ0v) is 6.85. The fraction of sp³-hybridized carbons (Fsp3) is 0. The van der Waals surface area contributed by atoms with E-state index in [0.29, 0.717) is 10.8 Å². The zero-order chi connectivity index (χ0) is 7.68. The minimum Gasteiger partial charge on any atom is -0.342 e. The van der Waals surface area contributed by atoms with E-state index in [1.54, 1.807) is 12.5 Å². The lowest BCUT2D eigenvalue weighted by atomic mass is 10.6. The number of halogens is 1. The van der Waals surface area contributed by atoms with E-state index in [9.17, 15) is 0 Å². The topological polar surface area (TPSA) is 54.5 Å². The van der Waals surface area contributed by atoms with E-state index in [-0.39, 0.29) is 0 Å². The summed E-state index contributed by atoms with van der Waals surface area (Å²) in [6.07, 6.45) is 3.22. The first-order valence-corrected chi connectivity index (χ1v) is 4.49. The molecule has 0 aliphatic carbocycles. The number of nitrogens with zero attached hydrogens (tertiary/aromatic N) is 3. The van der Waals surface area contributed by atoms with Gasteiger partial charge in [-0.15, -0.1) is 0 Å². The van der Waals surface area contributed by atoms with Crippen LogP contribution in [0.15, 0.2) is 17.7 Å². The van der Waals surface area contributed by atoms with Crippen LogP contribution in [0.25, 0.3) is 11.2 Å². The molecule has 0 amide bonds. The Morgan fingerprint density at radius 3 is 3.18 bits per heavy atom. The van der Waals surface area contributed by atoms with Gasteiger partial charge in [-0.1, -0.05) is 0 Å². The normalized spacial score (nSPS) is 10.6. The molecule has 0 aromatic carbocycles. The van der Waals surface area contributed by atoms with E-state index < -0.39 is 0 Å². The van der Waals surface area contributed by atoms with E-state index in [2.05, 4.69) is 19.9 Å². The minimum atomic E-state index is 0.520. The highest BCUT2D eigenvalue weighted by molar-refractivity contribution is 8.21. The second kappa shape index (κ2) is 2.67. The number of hydrogen-bond acceptors (Lipinski definition) is 4. The van der Waals surface area contributed by atoms with Gasteiger partial charge in [0.2, 0.25) is 5.16 Å². The standard InChI is InChI=1S/C5H3ClN4S/c6-11-5-7-1-3-4(10-5)9-2-8-3/h1-2H,(H,7,8,9,10). The Morgan fingerprint density at radius 1 is 1.45 bits per heavy atom. The van der Waals surface area contributed by atoms with Crippen molar-refractivity contribution in [1.29, 1.82) is 0 Å². The average Bonchev–Trinajstić information content (AvgIpc) is 2.50. The number of H-pyrrole nitrogens is 1.